The summed E-state index contributed by atoms with van der Waals surface area (Å²) in [6.45, 7) is 4.46. The van der Waals surface area contributed by atoms with Crippen LogP contribution in [0.5, 0.6) is 0 Å². The molecule has 3 N–H and O–H groups in total. The number of nitrogens with zero attached hydrogens (tertiary/aromatic N) is 1. The molecule has 4 amide bonds. The number of carbonyl (C=O) groups is 4. The molecule has 2 saturated carbocycles. The van der Waals surface area contributed by atoms with E-state index in [1.165, 1.54) is 12.8 Å². The number of urea groups is 1. The molecule has 9 heteroatoms. The molecule has 0 radical (unpaired) electrons. The molecule has 3 aliphatic rings. The van der Waals surface area contributed by atoms with Crippen LogP contribution in [0.4, 0.5) is 4.79 Å². The highest BCUT2D eigenvalue weighted by Gasteiger charge is 2.43. The molecule has 2 aliphatic carbocycles. The number of hydrogen-bond donors (Lipinski definition) is 3. The molecule has 1 atom stereocenters. The molecule has 0 aromatic carbocycles. The third-order valence-corrected chi connectivity index (χ3v) is 7.50. The van der Waals surface area contributed by atoms with E-state index < -0.39 is 23.3 Å². The Morgan fingerprint density at radius 1 is 1.00 bits per heavy atom. The second-order valence-electron chi connectivity index (χ2n) is 10.1. The van der Waals surface area contributed by atoms with E-state index in [0.29, 0.717) is 58.0 Å². The maximum Gasteiger partial charge on any atom is 0.318 e. The molecule has 0 spiro atoms. The van der Waals surface area contributed by atoms with Gasteiger partial charge in [0.15, 0.2) is 0 Å². The van der Waals surface area contributed by atoms with Gasteiger partial charge in [-0.05, 0) is 38.0 Å². The van der Waals surface area contributed by atoms with Gasteiger partial charge in [0, 0.05) is 19.6 Å². The first kappa shape index (κ1) is 26.4. The van der Waals surface area contributed by atoms with Crippen LogP contribution in [0.2, 0.25) is 0 Å². The fraction of sp³-hybridized carbons (Fsp3) is 0.840. The second-order valence-corrected chi connectivity index (χ2v) is 10.1. The molecule has 3 fully saturated rings. The largest absolute Gasteiger partial charge is 0.378 e. The van der Waals surface area contributed by atoms with Gasteiger partial charge in [0.1, 0.15) is 5.54 Å². The lowest BCUT2D eigenvalue weighted by Gasteiger charge is -2.39. The van der Waals surface area contributed by atoms with Crippen molar-refractivity contribution in [2.45, 2.75) is 95.6 Å². The monoisotopic (exact) mass is 478 g/mol. The zero-order chi connectivity index (χ0) is 24.4. The normalized spacial score (nSPS) is 21.5. The highest BCUT2D eigenvalue weighted by molar-refractivity contribution is 6.38. The topological polar surface area (TPSA) is 117 Å². The van der Waals surface area contributed by atoms with Crippen molar-refractivity contribution < 1.29 is 23.9 Å². The SMILES string of the molecule is CCCCC(NC(=O)C1(NC(=O)N2CCOCC2)CCCCC1)C(=O)C(=O)NCC1CCCC1. The summed E-state index contributed by atoms with van der Waals surface area (Å²) >= 11 is 0. The van der Waals surface area contributed by atoms with Gasteiger partial charge in [0.25, 0.3) is 5.91 Å². The summed E-state index contributed by atoms with van der Waals surface area (Å²) in [6, 6.07) is -1.15. The average molecular weight is 479 g/mol. The number of nitrogens with one attached hydrogen (secondary N) is 3. The van der Waals surface area contributed by atoms with Crippen molar-refractivity contribution in [3.05, 3.63) is 0 Å². The number of ketones is 1. The van der Waals surface area contributed by atoms with Crippen LogP contribution in [0.3, 0.4) is 0 Å². The van der Waals surface area contributed by atoms with E-state index in [-0.39, 0.29) is 11.9 Å². The summed E-state index contributed by atoms with van der Waals surface area (Å²) in [4.78, 5) is 53.8. The van der Waals surface area contributed by atoms with Crippen molar-refractivity contribution in [2.75, 3.05) is 32.8 Å². The summed E-state index contributed by atoms with van der Waals surface area (Å²) in [5.41, 5.74) is -1.06. The fourth-order valence-electron chi connectivity index (χ4n) is 5.28. The number of ether oxygens (including phenoxy) is 1. The van der Waals surface area contributed by atoms with Crippen LogP contribution in [0, 0.1) is 5.92 Å². The molecule has 34 heavy (non-hydrogen) atoms. The molecule has 0 aromatic rings. The summed E-state index contributed by atoms with van der Waals surface area (Å²) in [5, 5.41) is 8.66. The van der Waals surface area contributed by atoms with Crippen molar-refractivity contribution in [3.63, 3.8) is 0 Å². The van der Waals surface area contributed by atoms with Crippen LogP contribution >= 0.6 is 0 Å². The Bertz CT molecular complexity index is 710. The predicted octanol–water partition coefficient (Wildman–Crippen LogP) is 2.28. The summed E-state index contributed by atoms with van der Waals surface area (Å²) in [7, 11) is 0. The van der Waals surface area contributed by atoms with E-state index in [1.54, 1.807) is 4.90 Å². The van der Waals surface area contributed by atoms with Crippen LogP contribution in [0.1, 0.15) is 84.0 Å². The van der Waals surface area contributed by atoms with Crippen molar-refractivity contribution >= 4 is 23.6 Å². The molecule has 1 aliphatic heterocycles. The first-order chi connectivity index (χ1) is 16.4. The van der Waals surface area contributed by atoms with Gasteiger partial charge in [-0.15, -0.1) is 0 Å². The third kappa shape index (κ3) is 7.17. The van der Waals surface area contributed by atoms with E-state index in [2.05, 4.69) is 16.0 Å². The number of unbranched alkanes of at least 4 members (excludes halogenated alkanes) is 1. The van der Waals surface area contributed by atoms with Gasteiger partial charge < -0.3 is 25.6 Å². The van der Waals surface area contributed by atoms with Crippen molar-refractivity contribution in [3.8, 4) is 0 Å². The van der Waals surface area contributed by atoms with Crippen LogP contribution < -0.4 is 16.0 Å². The van der Waals surface area contributed by atoms with Crippen LogP contribution in [-0.2, 0) is 19.1 Å². The summed E-state index contributed by atoms with van der Waals surface area (Å²) in [6.07, 6.45) is 10.2. The number of hydrogen-bond acceptors (Lipinski definition) is 5. The van der Waals surface area contributed by atoms with Gasteiger partial charge in [0.2, 0.25) is 11.7 Å². The number of amides is 4. The van der Waals surface area contributed by atoms with Gasteiger partial charge in [-0.1, -0.05) is 51.9 Å². The zero-order valence-corrected chi connectivity index (χ0v) is 20.7. The Morgan fingerprint density at radius 3 is 2.32 bits per heavy atom. The smallest absolute Gasteiger partial charge is 0.318 e. The molecular weight excluding hydrogens is 436 g/mol. The molecule has 1 heterocycles. The molecule has 0 bridgehead atoms. The standard InChI is InChI=1S/C25H42N4O5/c1-2-3-11-20(21(30)22(31)26-18-19-9-5-6-10-19)27-23(32)25(12-7-4-8-13-25)28-24(33)29-14-16-34-17-15-29/h19-20H,2-18H2,1H3,(H,26,31)(H,27,32)(H,28,33). The molecule has 9 nitrogen and oxygen atoms in total. The summed E-state index contributed by atoms with van der Waals surface area (Å²) in [5.74, 6) is -1.14. The van der Waals surface area contributed by atoms with E-state index in [4.69, 9.17) is 4.74 Å². The number of Topliss-reactive ketones (excluding diaryl/α,β-unsaturated/α-hetero) is 1. The van der Waals surface area contributed by atoms with Gasteiger partial charge in [-0.3, -0.25) is 14.4 Å². The average Bonchev–Trinajstić information content (AvgIpc) is 3.39. The van der Waals surface area contributed by atoms with Crippen LogP contribution in [-0.4, -0.2) is 73.0 Å². The van der Waals surface area contributed by atoms with Gasteiger partial charge in [-0.25, -0.2) is 4.79 Å². The minimum atomic E-state index is -1.06. The first-order valence-electron chi connectivity index (χ1n) is 13.2. The third-order valence-electron chi connectivity index (χ3n) is 7.50. The minimum absolute atomic E-state index is 0.272. The first-order valence-corrected chi connectivity index (χ1v) is 13.2. The van der Waals surface area contributed by atoms with Crippen LogP contribution in [0.15, 0.2) is 0 Å². The zero-order valence-electron chi connectivity index (χ0n) is 20.7. The number of rotatable bonds is 10. The number of carbonyl (C=O) groups excluding carboxylic acids is 4. The van der Waals surface area contributed by atoms with Crippen molar-refractivity contribution in [1.29, 1.82) is 0 Å². The fourth-order valence-corrected chi connectivity index (χ4v) is 5.28. The Kier molecular flexibility index (Phi) is 10.2. The molecular formula is C25H42N4O5. The Balaban J connectivity index is 1.65. The van der Waals surface area contributed by atoms with Gasteiger partial charge >= 0.3 is 6.03 Å². The number of morpholine rings is 1. The molecule has 1 saturated heterocycles. The maximum atomic E-state index is 13.6. The lowest BCUT2D eigenvalue weighted by molar-refractivity contribution is -0.141. The van der Waals surface area contributed by atoms with E-state index >= 15 is 0 Å². The molecule has 192 valence electrons. The Labute approximate surface area is 203 Å². The van der Waals surface area contributed by atoms with E-state index in [0.717, 1.165) is 44.9 Å². The highest BCUT2D eigenvalue weighted by atomic mass is 16.5. The maximum absolute atomic E-state index is 13.6. The lowest BCUT2D eigenvalue weighted by atomic mass is 9.80. The highest BCUT2D eigenvalue weighted by Crippen LogP contribution is 2.29. The summed E-state index contributed by atoms with van der Waals surface area (Å²) < 4.78 is 5.33. The molecule has 0 aromatic heterocycles. The van der Waals surface area contributed by atoms with Gasteiger partial charge in [-0.2, -0.15) is 0 Å². The van der Waals surface area contributed by atoms with Crippen molar-refractivity contribution in [2.24, 2.45) is 5.92 Å². The predicted molar refractivity (Wildman–Crippen MR) is 128 cm³/mol. The lowest BCUT2D eigenvalue weighted by Crippen LogP contribution is -2.64. The van der Waals surface area contributed by atoms with Gasteiger partial charge in [0.05, 0.1) is 19.3 Å². The minimum Gasteiger partial charge on any atom is -0.378 e. The van der Waals surface area contributed by atoms with E-state index in [9.17, 15) is 19.2 Å². The second kappa shape index (κ2) is 13.1. The van der Waals surface area contributed by atoms with E-state index in [1.807, 2.05) is 6.92 Å². The Hall–Kier alpha value is -2.16. The molecule has 3 rings (SSSR count). The Morgan fingerprint density at radius 2 is 1.68 bits per heavy atom. The quantitative estimate of drug-likeness (QED) is 0.417. The van der Waals surface area contributed by atoms with Crippen molar-refractivity contribution in [1.82, 2.24) is 20.9 Å². The van der Waals surface area contributed by atoms with Crippen LogP contribution in [0.25, 0.3) is 0 Å². The molecule has 1 unspecified atom stereocenters.